The molecule has 3 atom stereocenters. The van der Waals surface area contributed by atoms with Gasteiger partial charge in [0.05, 0.1) is 17.1 Å². The molecule has 0 radical (unpaired) electrons. The number of aromatic nitrogens is 2. The van der Waals surface area contributed by atoms with E-state index in [4.69, 9.17) is 14.8 Å². The predicted molar refractivity (Wildman–Crippen MR) is 142 cm³/mol. The van der Waals surface area contributed by atoms with Crippen molar-refractivity contribution < 1.29 is 14.6 Å². The highest BCUT2D eigenvalue weighted by atomic mass is 16.5. The minimum atomic E-state index is -0.779. The highest BCUT2D eigenvalue weighted by Gasteiger charge is 2.34. The maximum Gasteiger partial charge on any atom is 0.303 e. The van der Waals surface area contributed by atoms with E-state index >= 15 is 0 Å². The lowest BCUT2D eigenvalue weighted by Crippen LogP contribution is -2.30. The Morgan fingerprint density at radius 3 is 2.54 bits per heavy atom. The van der Waals surface area contributed by atoms with Gasteiger partial charge in [-0.1, -0.05) is 33.3 Å². The van der Waals surface area contributed by atoms with Crippen LogP contribution in [0.25, 0.3) is 11.0 Å². The molecular weight excluding hydrogens is 438 g/mol. The van der Waals surface area contributed by atoms with Crippen LogP contribution in [-0.2, 0) is 11.2 Å². The summed E-state index contributed by atoms with van der Waals surface area (Å²) in [5.74, 6) is 2.75. The minimum Gasteiger partial charge on any atom is -0.491 e. The van der Waals surface area contributed by atoms with Crippen molar-refractivity contribution in [1.29, 1.82) is 0 Å². The zero-order valence-corrected chi connectivity index (χ0v) is 21.6. The third-order valence-electron chi connectivity index (χ3n) is 7.18. The summed E-state index contributed by atoms with van der Waals surface area (Å²) in [4.78, 5) is 16.1. The quantitative estimate of drug-likeness (QED) is 0.340. The third kappa shape index (κ3) is 5.98. The van der Waals surface area contributed by atoms with Gasteiger partial charge in [0.25, 0.3) is 0 Å². The molecule has 4 rings (SSSR count). The Kier molecular flexibility index (Phi) is 7.68. The van der Waals surface area contributed by atoms with E-state index in [1.54, 1.807) is 0 Å². The Morgan fingerprint density at radius 1 is 1.14 bits per heavy atom. The van der Waals surface area contributed by atoms with Crippen LogP contribution in [0, 0.1) is 17.8 Å². The Hall–Kier alpha value is -3.02. The van der Waals surface area contributed by atoms with Gasteiger partial charge in [0.1, 0.15) is 5.75 Å². The average molecular weight is 478 g/mol. The second kappa shape index (κ2) is 10.7. The molecule has 1 aromatic heterocycles. The first-order valence-corrected chi connectivity index (χ1v) is 13.0. The molecular formula is C29H39N3O3. The van der Waals surface area contributed by atoms with Gasteiger partial charge in [-0.25, -0.2) is 4.98 Å². The molecule has 1 saturated carbocycles. The summed E-state index contributed by atoms with van der Waals surface area (Å²) < 4.78 is 8.21. The number of hydrogen-bond acceptors (Lipinski definition) is 4. The maximum absolute atomic E-state index is 11.1. The van der Waals surface area contributed by atoms with Crippen LogP contribution in [0.1, 0.15) is 71.9 Å². The number of benzene rings is 2. The molecule has 1 aliphatic rings. The number of carboxylic acid groups (broad SMARTS) is 1. The lowest BCUT2D eigenvalue weighted by Gasteiger charge is -2.39. The second-order valence-electron chi connectivity index (χ2n) is 10.7. The number of carbonyl (C=O) groups is 1. The molecule has 35 heavy (non-hydrogen) atoms. The van der Waals surface area contributed by atoms with Crippen LogP contribution >= 0.6 is 0 Å². The summed E-state index contributed by atoms with van der Waals surface area (Å²) in [6, 6.07) is 14.6. The molecule has 1 fully saturated rings. The summed E-state index contributed by atoms with van der Waals surface area (Å²) >= 11 is 0. The van der Waals surface area contributed by atoms with E-state index in [1.165, 1.54) is 12.8 Å². The van der Waals surface area contributed by atoms with Crippen molar-refractivity contribution in [2.45, 2.75) is 78.9 Å². The molecule has 1 heterocycles. The minimum absolute atomic E-state index is 0.123. The summed E-state index contributed by atoms with van der Waals surface area (Å²) in [6.07, 6.45) is 4.39. The van der Waals surface area contributed by atoms with Gasteiger partial charge in [-0.3, -0.25) is 4.79 Å². The van der Waals surface area contributed by atoms with Gasteiger partial charge in [-0.05, 0) is 92.8 Å². The van der Waals surface area contributed by atoms with Crippen LogP contribution in [0.5, 0.6) is 5.75 Å². The number of hydrogen-bond donors (Lipinski definition) is 2. The third-order valence-corrected chi connectivity index (χ3v) is 7.18. The number of rotatable bonds is 9. The fraction of sp³-hybridized carbons (Fsp3) is 0.517. The largest absolute Gasteiger partial charge is 0.491 e. The molecule has 2 N–H and O–H groups in total. The van der Waals surface area contributed by atoms with E-state index < -0.39 is 5.97 Å². The first kappa shape index (κ1) is 25.1. The molecule has 188 valence electrons. The van der Waals surface area contributed by atoms with E-state index in [-0.39, 0.29) is 12.5 Å². The molecule has 0 aliphatic heterocycles. The lowest BCUT2D eigenvalue weighted by atomic mass is 9.74. The van der Waals surface area contributed by atoms with Gasteiger partial charge in [0.15, 0.2) is 0 Å². The zero-order valence-electron chi connectivity index (χ0n) is 21.6. The first-order chi connectivity index (χ1) is 16.7. The number of aryl methyl sites for hydroxylation is 1. The van der Waals surface area contributed by atoms with Gasteiger partial charge < -0.3 is 19.7 Å². The fourth-order valence-electron chi connectivity index (χ4n) is 5.44. The molecule has 0 unspecified atom stereocenters. The average Bonchev–Trinajstić information content (AvgIpc) is 3.15. The molecule has 0 spiro atoms. The molecule has 0 saturated heterocycles. The standard InChI is InChI=1S/C29H39N3O3/c1-18(2)24-13-6-20(5)16-27(24)32-26-14-7-21(8-15-28(33)34)17-25(26)31-29(32)30-22-9-11-23(12-10-22)35-19(3)4/h7,9-12,14,17-20,24,27H,6,8,13,15-16H2,1-5H3,(H,30,31)(H,33,34)/t20-,24+,27-/m1/s1. The van der Waals surface area contributed by atoms with E-state index in [0.29, 0.717) is 30.2 Å². The van der Waals surface area contributed by atoms with Crippen molar-refractivity contribution in [2.75, 3.05) is 5.32 Å². The number of ether oxygens (including phenoxy) is 1. The number of nitrogens with zero attached hydrogens (tertiary/aromatic N) is 2. The topological polar surface area (TPSA) is 76.4 Å². The number of carboxylic acids is 1. The number of anilines is 2. The molecule has 0 bridgehead atoms. The van der Waals surface area contributed by atoms with Crippen molar-refractivity contribution in [3.05, 3.63) is 48.0 Å². The predicted octanol–water partition coefficient (Wildman–Crippen LogP) is 7.22. The number of fused-ring (bicyclic) bond motifs is 1. The Labute approximate surface area is 208 Å². The number of imidazole rings is 1. The van der Waals surface area contributed by atoms with E-state index in [1.807, 2.05) is 38.1 Å². The molecule has 6 heteroatoms. The lowest BCUT2D eigenvalue weighted by molar-refractivity contribution is -0.136. The normalized spacial score (nSPS) is 20.5. The van der Waals surface area contributed by atoms with E-state index in [9.17, 15) is 4.79 Å². The maximum atomic E-state index is 11.1. The van der Waals surface area contributed by atoms with Gasteiger partial charge >= 0.3 is 5.97 Å². The molecule has 1 aliphatic carbocycles. The number of aliphatic carboxylic acids is 1. The summed E-state index contributed by atoms with van der Waals surface area (Å²) in [5.41, 5.74) is 3.99. The Balaban J connectivity index is 1.74. The van der Waals surface area contributed by atoms with Crippen LogP contribution in [0.3, 0.4) is 0 Å². The Bertz CT molecular complexity index is 1150. The van der Waals surface area contributed by atoms with Crippen LogP contribution in [0.4, 0.5) is 11.6 Å². The highest BCUT2D eigenvalue weighted by molar-refractivity contribution is 5.81. The van der Waals surface area contributed by atoms with E-state index in [0.717, 1.165) is 40.4 Å². The van der Waals surface area contributed by atoms with Gasteiger partial charge in [0.2, 0.25) is 5.95 Å². The summed E-state index contributed by atoms with van der Waals surface area (Å²) in [5, 5.41) is 12.7. The van der Waals surface area contributed by atoms with Crippen molar-refractivity contribution in [3.63, 3.8) is 0 Å². The van der Waals surface area contributed by atoms with Crippen molar-refractivity contribution >= 4 is 28.6 Å². The molecule has 2 aromatic carbocycles. The van der Waals surface area contributed by atoms with Crippen molar-refractivity contribution in [1.82, 2.24) is 9.55 Å². The molecule has 0 amide bonds. The summed E-state index contributed by atoms with van der Waals surface area (Å²) in [6.45, 7) is 11.1. The van der Waals surface area contributed by atoms with Crippen molar-refractivity contribution in [3.8, 4) is 5.75 Å². The monoisotopic (exact) mass is 477 g/mol. The van der Waals surface area contributed by atoms with Gasteiger partial charge in [-0.2, -0.15) is 0 Å². The first-order valence-electron chi connectivity index (χ1n) is 13.0. The molecule has 3 aromatic rings. The molecule has 6 nitrogen and oxygen atoms in total. The van der Waals surface area contributed by atoms with Crippen molar-refractivity contribution in [2.24, 2.45) is 17.8 Å². The van der Waals surface area contributed by atoms with Crippen LogP contribution < -0.4 is 10.1 Å². The van der Waals surface area contributed by atoms with Gasteiger partial charge in [0, 0.05) is 18.2 Å². The summed E-state index contributed by atoms with van der Waals surface area (Å²) in [7, 11) is 0. The van der Waals surface area contributed by atoms with Gasteiger partial charge in [-0.15, -0.1) is 0 Å². The second-order valence-corrected chi connectivity index (χ2v) is 10.7. The van der Waals surface area contributed by atoms with Crippen LogP contribution in [0.15, 0.2) is 42.5 Å². The van der Waals surface area contributed by atoms with Crippen LogP contribution in [-0.4, -0.2) is 26.7 Å². The Morgan fingerprint density at radius 2 is 1.89 bits per heavy atom. The SMILES string of the molecule is CC(C)Oc1ccc(Nc2nc3cc(CCC(=O)O)ccc3n2[C@@H]2C[C@H](C)CC[C@H]2C(C)C)cc1. The van der Waals surface area contributed by atoms with Crippen LogP contribution in [0.2, 0.25) is 0 Å². The smallest absolute Gasteiger partial charge is 0.303 e. The zero-order chi connectivity index (χ0) is 25.1. The van der Waals surface area contributed by atoms with E-state index in [2.05, 4.69) is 48.9 Å². The number of nitrogens with one attached hydrogen (secondary N) is 1. The highest BCUT2D eigenvalue weighted by Crippen LogP contribution is 2.44. The fourth-order valence-corrected chi connectivity index (χ4v) is 5.44.